The molecule has 0 aliphatic heterocycles. The topological polar surface area (TPSA) is 0 Å². The molecule has 0 atom stereocenters. The third-order valence-corrected chi connectivity index (χ3v) is 12.4. The first kappa shape index (κ1) is 51.0. The van der Waals surface area contributed by atoms with E-state index in [2.05, 4.69) is 27.7 Å². The summed E-state index contributed by atoms with van der Waals surface area (Å²) < 4.78 is 1.49. The molecule has 1 heteroatoms. The van der Waals surface area contributed by atoms with E-state index in [1.807, 2.05) is 0 Å². The van der Waals surface area contributed by atoms with Crippen molar-refractivity contribution in [3.05, 3.63) is 0 Å². The molecule has 0 aromatic rings. The van der Waals surface area contributed by atoms with Crippen molar-refractivity contribution in [2.24, 2.45) is 0 Å². The van der Waals surface area contributed by atoms with Gasteiger partial charge in [-0.3, -0.25) is 0 Å². The lowest BCUT2D eigenvalue weighted by Crippen LogP contribution is -2.50. The molecule has 0 unspecified atom stereocenters. The largest absolute Gasteiger partial charge is 0.324 e. The van der Waals surface area contributed by atoms with Gasteiger partial charge < -0.3 is 4.48 Å². The summed E-state index contributed by atoms with van der Waals surface area (Å²) in [6, 6.07) is 0. The number of hydrogen-bond donors (Lipinski definition) is 0. The maximum atomic E-state index is 2.35. The average molecular weight is 719 g/mol. The van der Waals surface area contributed by atoms with Gasteiger partial charge in [-0.25, -0.2) is 0 Å². The minimum absolute atomic E-state index is 1.37. The fourth-order valence-electron chi connectivity index (χ4n) is 8.76. The first-order valence-electron chi connectivity index (χ1n) is 25.1. The Morgan fingerprint density at radius 2 is 0.275 bits per heavy atom. The van der Waals surface area contributed by atoms with Crippen LogP contribution in [0, 0.1) is 0 Å². The molecule has 0 bridgehead atoms. The Morgan fingerprint density at radius 1 is 0.157 bits per heavy atom. The summed E-state index contributed by atoms with van der Waals surface area (Å²) in [5.74, 6) is 0. The Morgan fingerprint density at radius 3 is 0.412 bits per heavy atom. The number of nitrogens with zero attached hydrogens (tertiary/aromatic N) is 1. The predicted molar refractivity (Wildman–Crippen MR) is 236 cm³/mol. The van der Waals surface area contributed by atoms with Crippen molar-refractivity contribution >= 4 is 0 Å². The molecule has 1 nitrogen and oxygen atoms in total. The highest BCUT2D eigenvalue weighted by Gasteiger charge is 2.25. The van der Waals surface area contributed by atoms with Crippen LogP contribution in [0.25, 0.3) is 0 Å². The van der Waals surface area contributed by atoms with Gasteiger partial charge in [-0.1, -0.05) is 246 Å². The molecular formula is C50H104N+. The Balaban J connectivity index is 4.77. The third-order valence-electron chi connectivity index (χ3n) is 12.4. The van der Waals surface area contributed by atoms with Gasteiger partial charge in [-0.15, -0.1) is 0 Å². The molecule has 0 aromatic heterocycles. The van der Waals surface area contributed by atoms with E-state index in [-0.39, 0.29) is 0 Å². The lowest BCUT2D eigenvalue weighted by Gasteiger charge is -2.40. The molecule has 0 heterocycles. The van der Waals surface area contributed by atoms with Crippen LogP contribution >= 0.6 is 0 Å². The summed E-state index contributed by atoms with van der Waals surface area (Å²) in [5, 5.41) is 0. The monoisotopic (exact) mass is 719 g/mol. The summed E-state index contributed by atoms with van der Waals surface area (Å²) in [4.78, 5) is 0. The normalized spacial score (nSPS) is 12.0. The molecule has 0 spiro atoms. The zero-order chi connectivity index (χ0) is 37.0. The van der Waals surface area contributed by atoms with E-state index in [1.54, 1.807) is 0 Å². The Bertz CT molecular complexity index is 546. The summed E-state index contributed by atoms with van der Waals surface area (Å²) in [6.45, 7) is 15.3. The molecule has 0 rings (SSSR count). The van der Waals surface area contributed by atoms with Gasteiger partial charge in [0.25, 0.3) is 0 Å². The first-order chi connectivity index (χ1) is 25.2. The van der Waals surface area contributed by atoms with E-state index in [4.69, 9.17) is 0 Å². The molecule has 308 valence electrons. The number of unbranched alkanes of at least 4 members (excludes halogenated alkanes) is 38. The maximum absolute atomic E-state index is 2.35. The minimum atomic E-state index is 1.37. The lowest BCUT2D eigenvalue weighted by molar-refractivity contribution is -0.929. The molecule has 0 aliphatic rings. The molecule has 0 fully saturated rings. The second-order valence-electron chi connectivity index (χ2n) is 17.7. The zero-order valence-electron chi connectivity index (χ0n) is 37.0. The van der Waals surface area contributed by atoms with Crippen LogP contribution in [-0.4, -0.2) is 30.7 Å². The van der Waals surface area contributed by atoms with Crippen LogP contribution in [0.3, 0.4) is 0 Å². The number of hydrogen-bond acceptors (Lipinski definition) is 0. The number of quaternary nitrogens is 1. The van der Waals surface area contributed by atoms with E-state index in [9.17, 15) is 0 Å². The van der Waals surface area contributed by atoms with Gasteiger partial charge in [0.2, 0.25) is 0 Å². The van der Waals surface area contributed by atoms with Crippen molar-refractivity contribution in [2.75, 3.05) is 26.2 Å². The second kappa shape index (κ2) is 44.4. The van der Waals surface area contributed by atoms with Crippen LogP contribution in [0.15, 0.2) is 0 Å². The zero-order valence-corrected chi connectivity index (χ0v) is 37.0. The van der Waals surface area contributed by atoms with Gasteiger partial charge in [0, 0.05) is 0 Å². The Hall–Kier alpha value is -0.0400. The van der Waals surface area contributed by atoms with Crippen molar-refractivity contribution in [3.8, 4) is 0 Å². The molecule has 0 saturated heterocycles. The average Bonchev–Trinajstić information content (AvgIpc) is 3.14. The highest BCUT2D eigenvalue weighted by atomic mass is 15.3. The van der Waals surface area contributed by atoms with Crippen molar-refractivity contribution < 1.29 is 4.48 Å². The van der Waals surface area contributed by atoms with Gasteiger partial charge in [0.15, 0.2) is 0 Å². The Labute approximate surface area is 327 Å². The van der Waals surface area contributed by atoms with E-state index in [1.165, 1.54) is 300 Å². The van der Waals surface area contributed by atoms with Gasteiger partial charge in [-0.05, 0) is 51.4 Å². The van der Waals surface area contributed by atoms with Gasteiger partial charge in [-0.2, -0.15) is 0 Å². The maximum Gasteiger partial charge on any atom is 0.0786 e. The van der Waals surface area contributed by atoms with Gasteiger partial charge >= 0.3 is 0 Å². The SMILES string of the molecule is CCCCCCCCCCCCCCC[N+](CCCCCCCCCC)(CCCCCCCCCC)CCCCCCCCCCCCCCC. The Kier molecular flexibility index (Phi) is 44.3. The summed E-state index contributed by atoms with van der Waals surface area (Å²) >= 11 is 0. The first-order valence-corrected chi connectivity index (χ1v) is 25.1. The quantitative estimate of drug-likeness (QED) is 0.0434. The third kappa shape index (κ3) is 39.5. The van der Waals surface area contributed by atoms with Crippen LogP contribution < -0.4 is 0 Å². The van der Waals surface area contributed by atoms with E-state index in [0.29, 0.717) is 0 Å². The highest BCUT2D eigenvalue weighted by Crippen LogP contribution is 2.22. The molecule has 0 aromatic carbocycles. The van der Waals surface area contributed by atoms with E-state index < -0.39 is 0 Å². The summed E-state index contributed by atoms with van der Waals surface area (Å²) in [7, 11) is 0. The van der Waals surface area contributed by atoms with Crippen molar-refractivity contribution in [2.45, 2.75) is 297 Å². The van der Waals surface area contributed by atoms with Crippen LogP contribution in [0.1, 0.15) is 297 Å². The lowest BCUT2D eigenvalue weighted by atomic mass is 10.0. The van der Waals surface area contributed by atoms with Crippen molar-refractivity contribution in [1.29, 1.82) is 0 Å². The van der Waals surface area contributed by atoms with Crippen LogP contribution in [0.4, 0.5) is 0 Å². The van der Waals surface area contributed by atoms with Gasteiger partial charge in [0.05, 0.1) is 26.2 Å². The second-order valence-corrected chi connectivity index (χ2v) is 17.7. The minimum Gasteiger partial charge on any atom is -0.324 e. The van der Waals surface area contributed by atoms with Crippen LogP contribution in [-0.2, 0) is 0 Å². The molecular weight excluding hydrogens is 615 g/mol. The molecule has 0 radical (unpaired) electrons. The van der Waals surface area contributed by atoms with Crippen molar-refractivity contribution in [3.63, 3.8) is 0 Å². The standard InChI is InChI=1S/C50H104N/c1-5-9-13-17-21-25-27-29-31-33-37-41-45-49-51(47-43-39-35-23-19-15-11-7-3,48-44-40-36-24-20-16-12-8-4)50-46-42-38-34-32-30-28-26-22-18-14-10-6-2/h5-50H2,1-4H3/q+1. The van der Waals surface area contributed by atoms with E-state index in [0.717, 1.165) is 0 Å². The molecule has 0 amide bonds. The molecule has 0 N–H and O–H groups in total. The van der Waals surface area contributed by atoms with E-state index >= 15 is 0 Å². The fourth-order valence-corrected chi connectivity index (χ4v) is 8.76. The van der Waals surface area contributed by atoms with Crippen LogP contribution in [0.2, 0.25) is 0 Å². The molecule has 0 aliphatic carbocycles. The number of rotatable bonds is 46. The smallest absolute Gasteiger partial charge is 0.0786 e. The molecule has 0 saturated carbocycles. The fraction of sp³-hybridized carbons (Fsp3) is 1.00. The predicted octanol–water partition coefficient (Wildman–Crippen LogP) is 18.3. The summed E-state index contributed by atoms with van der Waals surface area (Å²) in [6.07, 6.45) is 61.7. The van der Waals surface area contributed by atoms with Crippen LogP contribution in [0.5, 0.6) is 0 Å². The molecule has 51 heavy (non-hydrogen) atoms. The summed E-state index contributed by atoms with van der Waals surface area (Å²) in [5.41, 5.74) is 0. The van der Waals surface area contributed by atoms with Crippen molar-refractivity contribution in [1.82, 2.24) is 0 Å². The highest BCUT2D eigenvalue weighted by molar-refractivity contribution is 4.56. The van der Waals surface area contributed by atoms with Gasteiger partial charge in [0.1, 0.15) is 0 Å².